The SMILES string of the molecule is CC(C)NCC(=O)NCCCCC(NC(C)(C)C)C(=O)NC(C)(C)C. The maximum Gasteiger partial charge on any atom is 0.237 e. The van der Waals surface area contributed by atoms with E-state index in [0.29, 0.717) is 19.1 Å². The van der Waals surface area contributed by atoms with E-state index in [0.717, 1.165) is 19.3 Å². The van der Waals surface area contributed by atoms with Crippen LogP contribution in [0, 0.1) is 0 Å². The number of carbonyl (C=O) groups excluding carboxylic acids is 2. The summed E-state index contributed by atoms with van der Waals surface area (Å²) < 4.78 is 0. The molecule has 0 aromatic heterocycles. The van der Waals surface area contributed by atoms with Gasteiger partial charge in [-0.05, 0) is 60.8 Å². The monoisotopic (exact) mass is 356 g/mol. The van der Waals surface area contributed by atoms with Crippen molar-refractivity contribution in [3.63, 3.8) is 0 Å². The van der Waals surface area contributed by atoms with E-state index in [1.54, 1.807) is 0 Å². The minimum Gasteiger partial charge on any atom is -0.355 e. The second-order valence-electron chi connectivity index (χ2n) is 9.07. The van der Waals surface area contributed by atoms with Crippen molar-refractivity contribution in [3.05, 3.63) is 0 Å². The van der Waals surface area contributed by atoms with Gasteiger partial charge >= 0.3 is 0 Å². The van der Waals surface area contributed by atoms with Crippen LogP contribution in [0.15, 0.2) is 0 Å². The molecule has 0 aliphatic carbocycles. The highest BCUT2D eigenvalue weighted by molar-refractivity contribution is 5.82. The van der Waals surface area contributed by atoms with Gasteiger partial charge in [0, 0.05) is 23.7 Å². The summed E-state index contributed by atoms with van der Waals surface area (Å²) in [6.45, 7) is 17.2. The van der Waals surface area contributed by atoms with Crippen molar-refractivity contribution in [2.75, 3.05) is 13.1 Å². The van der Waals surface area contributed by atoms with E-state index < -0.39 is 0 Å². The molecule has 4 N–H and O–H groups in total. The van der Waals surface area contributed by atoms with E-state index >= 15 is 0 Å². The normalized spacial score (nSPS) is 13.6. The van der Waals surface area contributed by atoms with Gasteiger partial charge in [-0.3, -0.25) is 9.59 Å². The smallest absolute Gasteiger partial charge is 0.237 e. The molecule has 0 aromatic carbocycles. The van der Waals surface area contributed by atoms with Gasteiger partial charge in [0.1, 0.15) is 0 Å². The fraction of sp³-hybridized carbons (Fsp3) is 0.895. The van der Waals surface area contributed by atoms with E-state index in [1.807, 2.05) is 34.6 Å². The van der Waals surface area contributed by atoms with E-state index in [2.05, 4.69) is 42.0 Å². The summed E-state index contributed by atoms with van der Waals surface area (Å²) >= 11 is 0. The third-order valence-electron chi connectivity index (χ3n) is 3.33. The van der Waals surface area contributed by atoms with Crippen molar-refractivity contribution in [3.8, 4) is 0 Å². The quantitative estimate of drug-likeness (QED) is 0.451. The second-order valence-corrected chi connectivity index (χ2v) is 9.07. The van der Waals surface area contributed by atoms with Crippen molar-refractivity contribution in [2.24, 2.45) is 0 Å². The first-order valence-corrected chi connectivity index (χ1v) is 9.40. The highest BCUT2D eigenvalue weighted by Crippen LogP contribution is 2.09. The van der Waals surface area contributed by atoms with Crippen LogP contribution >= 0.6 is 0 Å². The number of hydrogen-bond donors (Lipinski definition) is 4. The minimum atomic E-state index is -0.244. The molecule has 0 fully saturated rings. The lowest BCUT2D eigenvalue weighted by Crippen LogP contribution is -2.55. The minimum absolute atomic E-state index is 0.0172. The predicted molar refractivity (Wildman–Crippen MR) is 105 cm³/mol. The molecule has 0 radical (unpaired) electrons. The Morgan fingerprint density at radius 2 is 1.52 bits per heavy atom. The lowest BCUT2D eigenvalue weighted by molar-refractivity contribution is -0.125. The molecule has 0 aliphatic heterocycles. The Kier molecular flexibility index (Phi) is 10.3. The molecule has 0 bridgehead atoms. The predicted octanol–water partition coefficient (Wildman–Crippen LogP) is 1.94. The number of rotatable bonds is 10. The summed E-state index contributed by atoms with van der Waals surface area (Å²) in [7, 11) is 0. The van der Waals surface area contributed by atoms with Gasteiger partial charge in [-0.25, -0.2) is 0 Å². The Hall–Kier alpha value is -1.14. The average Bonchev–Trinajstić information content (AvgIpc) is 2.40. The molecular weight excluding hydrogens is 316 g/mol. The summed E-state index contributed by atoms with van der Waals surface area (Å²) in [5, 5.41) is 12.4. The van der Waals surface area contributed by atoms with Crippen LogP contribution in [-0.4, -0.2) is 48.1 Å². The molecule has 0 rings (SSSR count). The van der Waals surface area contributed by atoms with Gasteiger partial charge in [-0.15, -0.1) is 0 Å². The maximum absolute atomic E-state index is 12.5. The summed E-state index contributed by atoms with van der Waals surface area (Å²) in [5.74, 6) is 0.0520. The zero-order valence-electron chi connectivity index (χ0n) is 17.5. The van der Waals surface area contributed by atoms with Crippen LogP contribution in [0.1, 0.15) is 74.7 Å². The van der Waals surface area contributed by atoms with Crippen LogP contribution in [-0.2, 0) is 9.59 Å². The van der Waals surface area contributed by atoms with E-state index in [9.17, 15) is 9.59 Å². The number of hydrogen-bond acceptors (Lipinski definition) is 4. The third kappa shape index (κ3) is 14.9. The fourth-order valence-electron chi connectivity index (χ4n) is 2.31. The zero-order valence-corrected chi connectivity index (χ0v) is 17.5. The molecule has 0 aromatic rings. The molecule has 148 valence electrons. The molecular formula is C19H40N4O2. The summed E-state index contributed by atoms with van der Waals surface area (Å²) in [4.78, 5) is 24.2. The Morgan fingerprint density at radius 3 is 2.00 bits per heavy atom. The number of amides is 2. The van der Waals surface area contributed by atoms with E-state index in [4.69, 9.17) is 0 Å². The second kappa shape index (κ2) is 10.8. The number of carbonyl (C=O) groups is 2. The molecule has 0 spiro atoms. The van der Waals surface area contributed by atoms with Crippen molar-refractivity contribution < 1.29 is 9.59 Å². The lowest BCUT2D eigenvalue weighted by Gasteiger charge is -2.31. The Labute approximate surface area is 154 Å². The topological polar surface area (TPSA) is 82.3 Å². The first kappa shape index (κ1) is 23.9. The third-order valence-corrected chi connectivity index (χ3v) is 3.33. The first-order valence-electron chi connectivity index (χ1n) is 9.40. The van der Waals surface area contributed by atoms with Crippen molar-refractivity contribution in [1.82, 2.24) is 21.3 Å². The van der Waals surface area contributed by atoms with Gasteiger partial charge in [-0.2, -0.15) is 0 Å². The van der Waals surface area contributed by atoms with Gasteiger partial charge in [-0.1, -0.05) is 13.8 Å². The van der Waals surface area contributed by atoms with E-state index in [1.165, 1.54) is 0 Å². The van der Waals surface area contributed by atoms with Crippen LogP contribution < -0.4 is 21.3 Å². The van der Waals surface area contributed by atoms with Gasteiger partial charge in [0.15, 0.2) is 0 Å². The largest absolute Gasteiger partial charge is 0.355 e. The first-order chi connectivity index (χ1) is 11.3. The van der Waals surface area contributed by atoms with Gasteiger partial charge in [0.25, 0.3) is 0 Å². The van der Waals surface area contributed by atoms with E-state index in [-0.39, 0.29) is 28.9 Å². The molecule has 1 unspecified atom stereocenters. The van der Waals surface area contributed by atoms with Crippen LogP contribution in [0.5, 0.6) is 0 Å². The highest BCUT2D eigenvalue weighted by atomic mass is 16.2. The molecule has 6 heteroatoms. The molecule has 0 saturated heterocycles. The van der Waals surface area contributed by atoms with Crippen LogP contribution in [0.2, 0.25) is 0 Å². The Balaban J connectivity index is 4.26. The summed E-state index contributed by atoms with van der Waals surface area (Å²) in [5.41, 5.74) is -0.372. The maximum atomic E-state index is 12.5. The summed E-state index contributed by atoms with van der Waals surface area (Å²) in [6.07, 6.45) is 2.49. The standard InChI is InChI=1S/C19H40N4O2/c1-14(2)21-13-16(24)20-12-10-9-11-15(22-18(3,4)5)17(25)23-19(6,7)8/h14-15,21-22H,9-13H2,1-8H3,(H,20,24)(H,23,25). The van der Waals surface area contributed by atoms with Gasteiger partial charge < -0.3 is 21.3 Å². The van der Waals surface area contributed by atoms with Crippen molar-refractivity contribution >= 4 is 11.8 Å². The molecule has 25 heavy (non-hydrogen) atoms. The Bertz CT molecular complexity index is 409. The molecule has 1 atom stereocenters. The zero-order chi connectivity index (χ0) is 19.7. The highest BCUT2D eigenvalue weighted by Gasteiger charge is 2.26. The fourth-order valence-corrected chi connectivity index (χ4v) is 2.31. The number of unbranched alkanes of at least 4 members (excludes halogenated alkanes) is 1. The van der Waals surface area contributed by atoms with Gasteiger partial charge in [0.2, 0.25) is 11.8 Å². The van der Waals surface area contributed by atoms with Crippen LogP contribution in [0.4, 0.5) is 0 Å². The van der Waals surface area contributed by atoms with Crippen LogP contribution in [0.3, 0.4) is 0 Å². The van der Waals surface area contributed by atoms with Gasteiger partial charge in [0.05, 0.1) is 12.6 Å². The average molecular weight is 357 g/mol. The number of nitrogens with one attached hydrogen (secondary N) is 4. The molecule has 6 nitrogen and oxygen atoms in total. The van der Waals surface area contributed by atoms with Crippen molar-refractivity contribution in [2.45, 2.75) is 97.8 Å². The molecule has 0 saturated carbocycles. The molecule has 2 amide bonds. The Morgan fingerprint density at radius 1 is 0.920 bits per heavy atom. The molecule has 0 heterocycles. The van der Waals surface area contributed by atoms with Crippen molar-refractivity contribution in [1.29, 1.82) is 0 Å². The molecule has 0 aliphatic rings. The lowest BCUT2D eigenvalue weighted by atomic mass is 10.0. The summed E-state index contributed by atoms with van der Waals surface area (Å²) in [6, 6.07) is 0.0776. The van der Waals surface area contributed by atoms with Crippen LogP contribution in [0.25, 0.3) is 0 Å².